The van der Waals surface area contributed by atoms with E-state index in [1.54, 1.807) is 32.0 Å². The molecule has 110 valence electrons. The van der Waals surface area contributed by atoms with Crippen LogP contribution in [-0.2, 0) is 4.79 Å². The predicted octanol–water partition coefficient (Wildman–Crippen LogP) is 2.81. The van der Waals surface area contributed by atoms with Crippen molar-refractivity contribution in [3.8, 4) is 0 Å². The molecule has 2 rings (SSSR count). The van der Waals surface area contributed by atoms with Gasteiger partial charge in [0.25, 0.3) is 5.91 Å². The Hall–Kier alpha value is -2.63. The maximum absolute atomic E-state index is 12.3. The van der Waals surface area contributed by atoms with E-state index in [1.807, 2.05) is 6.92 Å². The second-order valence-corrected chi connectivity index (χ2v) is 4.81. The van der Waals surface area contributed by atoms with Crippen molar-refractivity contribution in [1.82, 2.24) is 5.16 Å². The van der Waals surface area contributed by atoms with E-state index >= 15 is 0 Å². The molecule has 1 heterocycles. The highest BCUT2D eigenvalue weighted by molar-refractivity contribution is 6.06. The van der Waals surface area contributed by atoms with Gasteiger partial charge in [-0.2, -0.15) is 0 Å². The van der Waals surface area contributed by atoms with Crippen molar-refractivity contribution in [3.63, 3.8) is 0 Å². The second-order valence-electron chi connectivity index (χ2n) is 4.81. The number of anilines is 2. The molecule has 0 aliphatic rings. The summed E-state index contributed by atoms with van der Waals surface area (Å²) in [5.74, 6) is 0.0299. The van der Waals surface area contributed by atoms with Crippen molar-refractivity contribution in [1.29, 1.82) is 0 Å². The highest BCUT2D eigenvalue weighted by atomic mass is 16.5. The van der Waals surface area contributed by atoms with Gasteiger partial charge in [-0.05, 0) is 38.5 Å². The van der Waals surface area contributed by atoms with Gasteiger partial charge in [0, 0.05) is 18.3 Å². The van der Waals surface area contributed by atoms with Gasteiger partial charge in [-0.25, -0.2) is 0 Å². The predicted molar refractivity (Wildman–Crippen MR) is 79.4 cm³/mol. The molecular formula is C15H17N3O3. The van der Waals surface area contributed by atoms with E-state index in [1.165, 1.54) is 6.92 Å². The normalized spacial score (nSPS) is 10.3. The first-order valence-corrected chi connectivity index (χ1v) is 6.51. The lowest BCUT2D eigenvalue weighted by Gasteiger charge is -2.12. The van der Waals surface area contributed by atoms with Crippen molar-refractivity contribution < 1.29 is 14.1 Å². The van der Waals surface area contributed by atoms with Crippen LogP contribution in [0.5, 0.6) is 0 Å². The Labute approximate surface area is 122 Å². The molecule has 0 radical (unpaired) electrons. The minimum Gasteiger partial charge on any atom is -0.361 e. The van der Waals surface area contributed by atoms with Crippen molar-refractivity contribution in [2.45, 2.75) is 27.7 Å². The molecule has 6 nitrogen and oxygen atoms in total. The Morgan fingerprint density at radius 2 is 1.71 bits per heavy atom. The minimum atomic E-state index is -0.283. The first-order chi connectivity index (χ1) is 9.90. The maximum Gasteiger partial charge on any atom is 0.261 e. The first kappa shape index (κ1) is 14.8. The Morgan fingerprint density at radius 1 is 1.10 bits per heavy atom. The number of nitrogens with zero attached hydrogens (tertiary/aromatic N) is 1. The van der Waals surface area contributed by atoms with Crippen LogP contribution in [0.1, 0.15) is 34.3 Å². The van der Waals surface area contributed by atoms with Crippen LogP contribution in [0.4, 0.5) is 11.4 Å². The van der Waals surface area contributed by atoms with Gasteiger partial charge in [0.05, 0.1) is 5.69 Å². The summed E-state index contributed by atoms with van der Waals surface area (Å²) in [7, 11) is 0. The van der Waals surface area contributed by atoms with E-state index in [-0.39, 0.29) is 11.8 Å². The number of amides is 2. The van der Waals surface area contributed by atoms with Crippen molar-refractivity contribution in [3.05, 3.63) is 40.8 Å². The number of rotatable bonds is 3. The van der Waals surface area contributed by atoms with Crippen molar-refractivity contribution in [2.24, 2.45) is 0 Å². The van der Waals surface area contributed by atoms with E-state index in [0.717, 1.165) is 5.56 Å². The lowest BCUT2D eigenvalue weighted by Crippen LogP contribution is -2.15. The minimum absolute atomic E-state index is 0.160. The summed E-state index contributed by atoms with van der Waals surface area (Å²) in [5, 5.41) is 9.31. The summed E-state index contributed by atoms with van der Waals surface area (Å²) in [5.41, 5.74) is 3.05. The monoisotopic (exact) mass is 287 g/mol. The van der Waals surface area contributed by atoms with Gasteiger partial charge in [-0.15, -0.1) is 0 Å². The average Bonchev–Trinajstić information content (AvgIpc) is 2.73. The number of benzene rings is 1. The summed E-state index contributed by atoms with van der Waals surface area (Å²) in [6.07, 6.45) is 0. The fourth-order valence-electron chi connectivity index (χ4n) is 2.09. The third-order valence-corrected chi connectivity index (χ3v) is 3.15. The molecule has 1 aromatic carbocycles. The summed E-state index contributed by atoms with van der Waals surface area (Å²) in [4.78, 5) is 23.5. The van der Waals surface area contributed by atoms with Gasteiger partial charge < -0.3 is 15.2 Å². The smallest absolute Gasteiger partial charge is 0.261 e. The topological polar surface area (TPSA) is 84.2 Å². The van der Waals surface area contributed by atoms with Gasteiger partial charge in [0.2, 0.25) is 5.91 Å². The molecule has 0 bridgehead atoms. The Kier molecular flexibility index (Phi) is 4.07. The van der Waals surface area contributed by atoms with Crippen molar-refractivity contribution >= 4 is 23.2 Å². The third-order valence-electron chi connectivity index (χ3n) is 3.15. The quantitative estimate of drug-likeness (QED) is 0.909. The lowest BCUT2D eigenvalue weighted by molar-refractivity contribution is -0.114. The van der Waals surface area contributed by atoms with Crippen LogP contribution in [-0.4, -0.2) is 17.0 Å². The van der Waals surface area contributed by atoms with Gasteiger partial charge in [-0.1, -0.05) is 11.2 Å². The van der Waals surface area contributed by atoms with E-state index < -0.39 is 0 Å². The van der Waals surface area contributed by atoms with Crippen LogP contribution in [0.15, 0.2) is 22.7 Å². The molecule has 0 aliphatic carbocycles. The molecule has 0 unspecified atom stereocenters. The van der Waals surface area contributed by atoms with Crippen LogP contribution < -0.4 is 10.6 Å². The highest BCUT2D eigenvalue weighted by Gasteiger charge is 2.18. The Bertz CT molecular complexity index is 685. The molecule has 0 saturated carbocycles. The first-order valence-electron chi connectivity index (χ1n) is 6.51. The molecule has 0 atom stereocenters. The molecule has 2 aromatic rings. The molecule has 6 heteroatoms. The summed E-state index contributed by atoms with van der Waals surface area (Å²) < 4.78 is 4.99. The van der Waals surface area contributed by atoms with Gasteiger partial charge >= 0.3 is 0 Å². The van der Waals surface area contributed by atoms with Crippen LogP contribution in [0.2, 0.25) is 0 Å². The Balaban J connectivity index is 2.28. The van der Waals surface area contributed by atoms with E-state index in [4.69, 9.17) is 4.52 Å². The van der Waals surface area contributed by atoms with E-state index in [2.05, 4.69) is 15.8 Å². The molecule has 0 saturated heterocycles. The van der Waals surface area contributed by atoms with Crippen LogP contribution >= 0.6 is 0 Å². The number of aromatic nitrogens is 1. The second kappa shape index (κ2) is 5.78. The maximum atomic E-state index is 12.3. The average molecular weight is 287 g/mol. The number of hydrogen-bond acceptors (Lipinski definition) is 4. The van der Waals surface area contributed by atoms with Crippen LogP contribution in [0.3, 0.4) is 0 Å². The van der Waals surface area contributed by atoms with Gasteiger partial charge in [0.1, 0.15) is 11.3 Å². The fraction of sp³-hybridized carbons (Fsp3) is 0.267. The van der Waals surface area contributed by atoms with Crippen LogP contribution in [0.25, 0.3) is 0 Å². The summed E-state index contributed by atoms with van der Waals surface area (Å²) >= 11 is 0. The molecule has 0 aliphatic heterocycles. The molecule has 0 spiro atoms. The summed E-state index contributed by atoms with van der Waals surface area (Å²) in [6, 6.07) is 5.32. The number of carbonyl (C=O) groups excluding carboxylic acids is 2. The van der Waals surface area contributed by atoms with Crippen LogP contribution in [0, 0.1) is 20.8 Å². The van der Waals surface area contributed by atoms with Gasteiger partial charge in [-0.3, -0.25) is 9.59 Å². The third kappa shape index (κ3) is 3.10. The zero-order valence-electron chi connectivity index (χ0n) is 12.4. The number of carbonyl (C=O) groups is 2. The van der Waals surface area contributed by atoms with E-state index in [0.29, 0.717) is 28.4 Å². The van der Waals surface area contributed by atoms with Gasteiger partial charge in [0.15, 0.2) is 0 Å². The van der Waals surface area contributed by atoms with E-state index in [9.17, 15) is 9.59 Å². The molecule has 0 fully saturated rings. The molecule has 2 amide bonds. The molecule has 21 heavy (non-hydrogen) atoms. The largest absolute Gasteiger partial charge is 0.361 e. The molecular weight excluding hydrogens is 270 g/mol. The lowest BCUT2D eigenvalue weighted by atomic mass is 10.1. The molecule has 2 N–H and O–H groups in total. The Morgan fingerprint density at radius 3 is 2.24 bits per heavy atom. The number of nitrogens with one attached hydrogen (secondary N) is 2. The SMILES string of the molecule is CC(=O)Nc1cccc(NC(=O)c2c(C)noc2C)c1C. The number of aryl methyl sites for hydroxylation is 2. The standard InChI is InChI=1S/C15H17N3O3/c1-8-12(16-11(4)19)6-5-7-13(8)17-15(20)14-9(2)18-21-10(14)3/h5-7H,1-4H3,(H,16,19)(H,17,20). The zero-order chi connectivity index (χ0) is 15.6. The number of hydrogen-bond donors (Lipinski definition) is 2. The van der Waals surface area contributed by atoms with Crippen molar-refractivity contribution in [2.75, 3.05) is 10.6 Å². The fourth-order valence-corrected chi connectivity index (χ4v) is 2.09. The summed E-state index contributed by atoms with van der Waals surface area (Å²) in [6.45, 7) is 6.67. The molecule has 1 aromatic heterocycles. The highest BCUT2D eigenvalue weighted by Crippen LogP contribution is 2.24. The zero-order valence-corrected chi connectivity index (χ0v) is 12.4.